The van der Waals surface area contributed by atoms with Crippen molar-refractivity contribution in [3.63, 3.8) is 0 Å². The molecule has 5 heteroatoms. The van der Waals surface area contributed by atoms with Gasteiger partial charge in [-0.1, -0.05) is 48.5 Å². The third-order valence-electron chi connectivity index (χ3n) is 5.88. The van der Waals surface area contributed by atoms with Crippen molar-refractivity contribution < 1.29 is 19.3 Å². The third-order valence-corrected chi connectivity index (χ3v) is 5.88. The lowest BCUT2D eigenvalue weighted by atomic mass is 10.00. The number of morpholine rings is 1. The summed E-state index contributed by atoms with van der Waals surface area (Å²) in [5, 5.41) is 3.09. The van der Waals surface area contributed by atoms with Gasteiger partial charge >= 0.3 is 0 Å². The Hall–Kier alpha value is -2.21. The van der Waals surface area contributed by atoms with Crippen molar-refractivity contribution in [3.05, 3.63) is 70.8 Å². The molecular weight excluding hydrogens is 350 g/mol. The van der Waals surface area contributed by atoms with Crippen LogP contribution >= 0.6 is 0 Å². The molecule has 0 radical (unpaired) electrons. The zero-order chi connectivity index (χ0) is 19.2. The number of carbonyl (C=O) groups is 1. The van der Waals surface area contributed by atoms with Crippen LogP contribution < -0.4 is 15.1 Å². The average molecular weight is 382 g/mol. The van der Waals surface area contributed by atoms with Crippen LogP contribution in [0.15, 0.2) is 48.5 Å². The van der Waals surface area contributed by atoms with Gasteiger partial charge in [0, 0.05) is 24.1 Å². The van der Waals surface area contributed by atoms with E-state index in [0.717, 1.165) is 57.9 Å². The normalized spacial score (nSPS) is 19.8. The van der Waals surface area contributed by atoms with Crippen molar-refractivity contribution in [2.24, 2.45) is 0 Å². The first-order chi connectivity index (χ1) is 13.8. The SMILES string of the molecule is O=C(C[NH+]1CCc2ccccc2C1)NCc1ccc(C[NH+]2CCOCC2)cc1. The standard InChI is InChI=1S/C23H29N3O2/c27-23(18-26-10-9-21-3-1-2-4-22(21)17-26)24-15-19-5-7-20(8-6-19)16-25-11-13-28-14-12-25/h1-8H,9-18H2,(H,24,27)/p+2. The molecule has 0 aliphatic carbocycles. The van der Waals surface area contributed by atoms with Crippen LogP contribution in [0.25, 0.3) is 0 Å². The van der Waals surface area contributed by atoms with Crippen LogP contribution in [0.5, 0.6) is 0 Å². The number of quaternary nitrogens is 2. The lowest BCUT2D eigenvalue weighted by molar-refractivity contribution is -0.921. The first-order valence-electron chi connectivity index (χ1n) is 10.4. The lowest BCUT2D eigenvalue weighted by Crippen LogP contribution is -3.12. The van der Waals surface area contributed by atoms with E-state index in [1.165, 1.54) is 21.6 Å². The summed E-state index contributed by atoms with van der Waals surface area (Å²) >= 11 is 0. The van der Waals surface area contributed by atoms with Gasteiger partial charge in [-0.15, -0.1) is 0 Å². The molecule has 28 heavy (non-hydrogen) atoms. The van der Waals surface area contributed by atoms with Gasteiger partial charge in [-0.05, 0) is 11.1 Å². The smallest absolute Gasteiger partial charge is 0.275 e. The quantitative estimate of drug-likeness (QED) is 0.623. The highest BCUT2D eigenvalue weighted by molar-refractivity contribution is 5.76. The molecule has 2 aliphatic heterocycles. The Bertz CT molecular complexity index is 785. The predicted molar refractivity (Wildman–Crippen MR) is 108 cm³/mol. The topological polar surface area (TPSA) is 47.2 Å². The minimum Gasteiger partial charge on any atom is -0.370 e. The van der Waals surface area contributed by atoms with Crippen molar-refractivity contribution in [2.45, 2.75) is 26.1 Å². The van der Waals surface area contributed by atoms with Crippen molar-refractivity contribution >= 4 is 5.91 Å². The number of hydrogen-bond donors (Lipinski definition) is 3. The Morgan fingerprint density at radius 1 is 0.893 bits per heavy atom. The van der Waals surface area contributed by atoms with Gasteiger partial charge < -0.3 is 19.9 Å². The fourth-order valence-corrected chi connectivity index (χ4v) is 4.18. The Labute approximate surface area is 167 Å². The van der Waals surface area contributed by atoms with E-state index < -0.39 is 0 Å². The van der Waals surface area contributed by atoms with Gasteiger partial charge in [-0.25, -0.2) is 0 Å². The molecule has 1 amide bonds. The van der Waals surface area contributed by atoms with Crippen LogP contribution in [0.1, 0.15) is 22.3 Å². The molecule has 0 spiro atoms. The number of benzene rings is 2. The highest BCUT2D eigenvalue weighted by atomic mass is 16.5. The van der Waals surface area contributed by atoms with E-state index in [0.29, 0.717) is 13.1 Å². The molecule has 1 atom stereocenters. The number of carbonyl (C=O) groups excluding carboxylic acids is 1. The van der Waals surface area contributed by atoms with Crippen LogP contribution in [-0.2, 0) is 35.6 Å². The molecule has 3 N–H and O–H groups in total. The van der Waals surface area contributed by atoms with E-state index in [-0.39, 0.29) is 5.91 Å². The Kier molecular flexibility index (Phi) is 6.37. The number of ether oxygens (including phenoxy) is 1. The molecule has 0 bridgehead atoms. The first-order valence-corrected chi connectivity index (χ1v) is 10.4. The van der Waals surface area contributed by atoms with Crippen molar-refractivity contribution in [2.75, 3.05) is 39.4 Å². The number of rotatable bonds is 6. The van der Waals surface area contributed by atoms with Crippen molar-refractivity contribution in [1.82, 2.24) is 5.32 Å². The first kappa shape index (κ1) is 19.1. The summed E-state index contributed by atoms with van der Waals surface area (Å²) in [7, 11) is 0. The van der Waals surface area contributed by atoms with Gasteiger partial charge in [0.15, 0.2) is 6.54 Å². The number of hydrogen-bond acceptors (Lipinski definition) is 2. The molecule has 2 aromatic rings. The molecule has 2 aliphatic rings. The minimum atomic E-state index is 0.135. The maximum atomic E-state index is 12.4. The van der Waals surface area contributed by atoms with Gasteiger partial charge in [0.2, 0.25) is 0 Å². The molecule has 2 aromatic carbocycles. The second kappa shape index (κ2) is 9.32. The zero-order valence-corrected chi connectivity index (χ0v) is 16.5. The second-order valence-corrected chi connectivity index (χ2v) is 8.00. The van der Waals surface area contributed by atoms with Crippen LogP contribution in [-0.4, -0.2) is 45.3 Å². The number of amides is 1. The molecule has 148 valence electrons. The van der Waals surface area contributed by atoms with Crippen LogP contribution in [0.3, 0.4) is 0 Å². The maximum Gasteiger partial charge on any atom is 0.275 e. The predicted octanol–water partition coefficient (Wildman–Crippen LogP) is -0.641. The fourth-order valence-electron chi connectivity index (χ4n) is 4.18. The van der Waals surface area contributed by atoms with E-state index in [4.69, 9.17) is 4.74 Å². The molecule has 2 heterocycles. The summed E-state index contributed by atoms with van der Waals surface area (Å²) in [5.41, 5.74) is 5.33. The van der Waals surface area contributed by atoms with Crippen LogP contribution in [0.4, 0.5) is 0 Å². The summed E-state index contributed by atoms with van der Waals surface area (Å²) in [5.74, 6) is 0.135. The average Bonchev–Trinajstić information content (AvgIpc) is 2.74. The lowest BCUT2D eigenvalue weighted by Gasteiger charge is -2.25. The van der Waals surface area contributed by atoms with E-state index in [1.54, 1.807) is 4.90 Å². The largest absolute Gasteiger partial charge is 0.370 e. The summed E-state index contributed by atoms with van der Waals surface area (Å²) in [6, 6.07) is 17.2. The summed E-state index contributed by atoms with van der Waals surface area (Å²) < 4.78 is 5.42. The molecule has 0 saturated carbocycles. The van der Waals surface area contributed by atoms with E-state index >= 15 is 0 Å². The van der Waals surface area contributed by atoms with Gasteiger partial charge in [-0.3, -0.25) is 4.79 Å². The molecule has 1 saturated heterocycles. The van der Waals surface area contributed by atoms with E-state index in [9.17, 15) is 4.79 Å². The molecule has 0 aromatic heterocycles. The fraction of sp³-hybridized carbons (Fsp3) is 0.435. The summed E-state index contributed by atoms with van der Waals surface area (Å²) in [4.78, 5) is 15.3. The Balaban J connectivity index is 1.21. The Morgan fingerprint density at radius 3 is 2.39 bits per heavy atom. The van der Waals surface area contributed by atoms with Gasteiger partial charge in [0.05, 0.1) is 19.8 Å². The second-order valence-electron chi connectivity index (χ2n) is 8.00. The molecule has 1 unspecified atom stereocenters. The van der Waals surface area contributed by atoms with Gasteiger partial charge in [-0.2, -0.15) is 0 Å². The van der Waals surface area contributed by atoms with Gasteiger partial charge in [0.1, 0.15) is 26.2 Å². The van der Waals surface area contributed by atoms with E-state index in [1.807, 2.05) is 0 Å². The van der Waals surface area contributed by atoms with E-state index in [2.05, 4.69) is 53.8 Å². The molecular formula is C23H31N3O2+2. The molecule has 1 fully saturated rings. The number of nitrogens with one attached hydrogen (secondary N) is 3. The monoisotopic (exact) mass is 381 g/mol. The summed E-state index contributed by atoms with van der Waals surface area (Å²) in [6.45, 7) is 8.08. The molecule has 4 rings (SSSR count). The Morgan fingerprint density at radius 2 is 1.61 bits per heavy atom. The highest BCUT2D eigenvalue weighted by Gasteiger charge is 2.21. The minimum absolute atomic E-state index is 0.135. The van der Waals surface area contributed by atoms with Crippen molar-refractivity contribution in [1.29, 1.82) is 0 Å². The third kappa shape index (κ3) is 5.19. The van der Waals surface area contributed by atoms with Crippen molar-refractivity contribution in [3.8, 4) is 0 Å². The zero-order valence-electron chi connectivity index (χ0n) is 16.5. The maximum absolute atomic E-state index is 12.4. The summed E-state index contributed by atoms with van der Waals surface area (Å²) in [6.07, 6.45) is 1.06. The van der Waals surface area contributed by atoms with Crippen LogP contribution in [0, 0.1) is 0 Å². The number of fused-ring (bicyclic) bond motifs is 1. The highest BCUT2D eigenvalue weighted by Crippen LogP contribution is 2.10. The molecule has 5 nitrogen and oxygen atoms in total. The van der Waals surface area contributed by atoms with Crippen LogP contribution in [0.2, 0.25) is 0 Å². The van der Waals surface area contributed by atoms with Gasteiger partial charge in [0.25, 0.3) is 5.91 Å².